The summed E-state index contributed by atoms with van der Waals surface area (Å²) in [7, 11) is -3.70. The molecule has 8 heteroatoms. The van der Waals surface area contributed by atoms with Gasteiger partial charge in [-0.05, 0) is 31.9 Å². The summed E-state index contributed by atoms with van der Waals surface area (Å²) in [6.07, 6.45) is 3.50. The summed E-state index contributed by atoms with van der Waals surface area (Å²) in [4.78, 5) is 0.213. The predicted molar refractivity (Wildman–Crippen MR) is 93.8 cm³/mol. The van der Waals surface area contributed by atoms with Crippen molar-refractivity contribution in [3.05, 3.63) is 35.7 Å². The smallest absolute Gasteiger partial charge is 0.243 e. The Morgan fingerprint density at radius 1 is 1.08 bits per heavy atom. The first-order valence-corrected chi connectivity index (χ1v) is 10.3. The fourth-order valence-corrected chi connectivity index (χ4v) is 5.19. The maximum atomic E-state index is 13.4. The molecule has 0 spiro atoms. The van der Waals surface area contributed by atoms with Gasteiger partial charge in [0.05, 0.1) is 16.6 Å². The molecule has 0 radical (unpaired) electrons. The fourth-order valence-electron chi connectivity index (χ4n) is 3.51. The molecule has 4 rings (SSSR count). The number of aryl methyl sites for hydroxylation is 1. The van der Waals surface area contributed by atoms with Crippen LogP contribution in [0.2, 0.25) is 0 Å². The van der Waals surface area contributed by atoms with Crippen LogP contribution >= 0.6 is 0 Å². The highest BCUT2D eigenvalue weighted by atomic mass is 32.2. The first kappa shape index (κ1) is 17.4. The van der Waals surface area contributed by atoms with Crippen molar-refractivity contribution in [2.24, 2.45) is 0 Å². The zero-order valence-corrected chi connectivity index (χ0v) is 15.5. The lowest BCUT2D eigenvalue weighted by molar-refractivity contribution is 0.171. The number of rotatable bonds is 3. The molecule has 0 N–H and O–H groups in total. The number of sulfonamides is 1. The Kier molecular flexibility index (Phi) is 4.62. The average molecular weight is 378 g/mol. The molecule has 2 aliphatic rings. The predicted octanol–water partition coefficient (Wildman–Crippen LogP) is 3.06. The van der Waals surface area contributed by atoms with Gasteiger partial charge < -0.3 is 14.0 Å². The second kappa shape index (κ2) is 6.92. The quantitative estimate of drug-likeness (QED) is 0.816. The van der Waals surface area contributed by atoms with Crippen LogP contribution < -0.4 is 9.47 Å². The van der Waals surface area contributed by atoms with Crippen LogP contribution in [0.15, 0.2) is 33.7 Å². The molecule has 1 aromatic heterocycles. The lowest BCUT2D eigenvalue weighted by Crippen LogP contribution is -2.34. The highest BCUT2D eigenvalue weighted by molar-refractivity contribution is 7.89. The lowest BCUT2D eigenvalue weighted by atomic mass is 10.1. The molecule has 1 atom stereocenters. The maximum absolute atomic E-state index is 13.4. The molecular formula is C18H22N2O5S. The number of nitrogens with zero attached hydrogens (tertiary/aromatic N) is 2. The zero-order valence-electron chi connectivity index (χ0n) is 14.7. The van der Waals surface area contributed by atoms with E-state index in [2.05, 4.69) is 5.16 Å². The van der Waals surface area contributed by atoms with Crippen LogP contribution in [0.1, 0.15) is 43.2 Å². The standard InChI is InChI=1S/C18H22N2O5S/c1-13-11-17(25-19-13)15-5-3-2-4-8-20(15)26(21,22)14-6-7-16-18(12-14)24-10-9-23-16/h6-7,11-12,15H,2-5,8-10H2,1H3/t15-/m0/s1. The van der Waals surface area contributed by atoms with Crippen molar-refractivity contribution in [2.75, 3.05) is 19.8 Å². The fraction of sp³-hybridized carbons (Fsp3) is 0.500. The molecule has 2 aromatic rings. The summed E-state index contributed by atoms with van der Waals surface area (Å²) in [5.41, 5.74) is 0.751. The summed E-state index contributed by atoms with van der Waals surface area (Å²) < 4.78 is 44.8. The third-order valence-corrected chi connectivity index (χ3v) is 6.70. The highest BCUT2D eigenvalue weighted by Gasteiger charge is 2.36. The van der Waals surface area contributed by atoms with Crippen molar-refractivity contribution in [2.45, 2.75) is 43.5 Å². The first-order chi connectivity index (χ1) is 12.6. The minimum absolute atomic E-state index is 0.213. The second-order valence-electron chi connectivity index (χ2n) is 6.66. The van der Waals surface area contributed by atoms with Gasteiger partial charge in [0, 0.05) is 18.7 Å². The van der Waals surface area contributed by atoms with E-state index in [0.29, 0.717) is 37.0 Å². The molecule has 3 heterocycles. The monoisotopic (exact) mass is 378 g/mol. The topological polar surface area (TPSA) is 81.9 Å². The van der Waals surface area contributed by atoms with Gasteiger partial charge in [0.25, 0.3) is 0 Å². The molecule has 7 nitrogen and oxygen atoms in total. The van der Waals surface area contributed by atoms with E-state index in [0.717, 1.165) is 31.4 Å². The molecule has 140 valence electrons. The molecule has 0 aliphatic carbocycles. The molecule has 26 heavy (non-hydrogen) atoms. The molecule has 0 amide bonds. The van der Waals surface area contributed by atoms with E-state index in [-0.39, 0.29) is 10.9 Å². The average Bonchev–Trinajstić information content (AvgIpc) is 2.92. The van der Waals surface area contributed by atoms with Crippen LogP contribution in [-0.2, 0) is 10.0 Å². The SMILES string of the molecule is Cc1cc([C@@H]2CCCCCN2S(=O)(=O)c2ccc3c(c2)OCCO3)on1. The van der Waals surface area contributed by atoms with Crippen molar-refractivity contribution in [1.82, 2.24) is 9.46 Å². The number of hydrogen-bond acceptors (Lipinski definition) is 6. The van der Waals surface area contributed by atoms with Gasteiger partial charge in [-0.25, -0.2) is 8.42 Å². The second-order valence-corrected chi connectivity index (χ2v) is 8.55. The minimum Gasteiger partial charge on any atom is -0.486 e. The Bertz CT molecular complexity index is 893. The van der Waals surface area contributed by atoms with E-state index >= 15 is 0 Å². The minimum atomic E-state index is -3.70. The van der Waals surface area contributed by atoms with Crippen molar-refractivity contribution in [1.29, 1.82) is 0 Å². The van der Waals surface area contributed by atoms with E-state index < -0.39 is 10.0 Å². The molecule has 2 aliphatic heterocycles. The highest BCUT2D eigenvalue weighted by Crippen LogP contribution is 2.38. The molecule has 0 unspecified atom stereocenters. The maximum Gasteiger partial charge on any atom is 0.243 e. The van der Waals surface area contributed by atoms with Crippen LogP contribution in [0.3, 0.4) is 0 Å². The zero-order chi connectivity index (χ0) is 18.1. The van der Waals surface area contributed by atoms with E-state index in [1.165, 1.54) is 0 Å². The van der Waals surface area contributed by atoms with Crippen LogP contribution in [0.5, 0.6) is 11.5 Å². The summed E-state index contributed by atoms with van der Waals surface area (Å²) >= 11 is 0. The largest absolute Gasteiger partial charge is 0.486 e. The number of fused-ring (bicyclic) bond motifs is 1. The Balaban J connectivity index is 1.72. The summed E-state index contributed by atoms with van der Waals surface area (Å²) in [5.74, 6) is 1.65. The van der Waals surface area contributed by atoms with Crippen LogP contribution in [0.25, 0.3) is 0 Å². The summed E-state index contributed by atoms with van der Waals surface area (Å²) in [6, 6.07) is 6.28. The van der Waals surface area contributed by atoms with E-state index in [4.69, 9.17) is 14.0 Å². The molecule has 1 aromatic carbocycles. The first-order valence-electron chi connectivity index (χ1n) is 8.90. The van der Waals surface area contributed by atoms with Crippen molar-refractivity contribution >= 4 is 10.0 Å². The van der Waals surface area contributed by atoms with Crippen LogP contribution in [-0.4, -0.2) is 37.6 Å². The van der Waals surface area contributed by atoms with Crippen molar-refractivity contribution in [3.8, 4) is 11.5 Å². The lowest BCUT2D eigenvalue weighted by Gasteiger charge is -2.28. The summed E-state index contributed by atoms with van der Waals surface area (Å²) in [6.45, 7) is 3.18. The number of hydrogen-bond donors (Lipinski definition) is 0. The Morgan fingerprint density at radius 2 is 1.88 bits per heavy atom. The Morgan fingerprint density at radius 3 is 2.65 bits per heavy atom. The number of benzene rings is 1. The van der Waals surface area contributed by atoms with Crippen molar-refractivity contribution in [3.63, 3.8) is 0 Å². The van der Waals surface area contributed by atoms with E-state index in [1.54, 1.807) is 22.5 Å². The van der Waals surface area contributed by atoms with Crippen LogP contribution in [0, 0.1) is 6.92 Å². The molecule has 0 saturated carbocycles. The van der Waals surface area contributed by atoms with E-state index in [1.807, 2.05) is 13.0 Å². The number of ether oxygens (including phenoxy) is 2. The normalized spacial score (nSPS) is 21.3. The molecule has 1 saturated heterocycles. The summed E-state index contributed by atoms with van der Waals surface area (Å²) in [5, 5.41) is 3.94. The van der Waals surface area contributed by atoms with Gasteiger partial charge in [-0.15, -0.1) is 0 Å². The van der Waals surface area contributed by atoms with Gasteiger partial charge in [-0.2, -0.15) is 4.31 Å². The van der Waals surface area contributed by atoms with Gasteiger partial charge in [-0.1, -0.05) is 18.0 Å². The van der Waals surface area contributed by atoms with Gasteiger partial charge in [0.15, 0.2) is 17.3 Å². The third-order valence-electron chi connectivity index (χ3n) is 4.80. The van der Waals surface area contributed by atoms with Gasteiger partial charge in [0.2, 0.25) is 10.0 Å². The van der Waals surface area contributed by atoms with Gasteiger partial charge in [0.1, 0.15) is 13.2 Å². The molecule has 0 bridgehead atoms. The van der Waals surface area contributed by atoms with Crippen LogP contribution in [0.4, 0.5) is 0 Å². The molecule has 1 fully saturated rings. The van der Waals surface area contributed by atoms with E-state index in [9.17, 15) is 8.42 Å². The third kappa shape index (κ3) is 3.19. The Labute approximate surface area is 152 Å². The van der Waals surface area contributed by atoms with Gasteiger partial charge in [-0.3, -0.25) is 0 Å². The van der Waals surface area contributed by atoms with Crippen molar-refractivity contribution < 1.29 is 22.4 Å². The molecular weight excluding hydrogens is 356 g/mol. The number of aromatic nitrogens is 1. The van der Waals surface area contributed by atoms with Gasteiger partial charge >= 0.3 is 0 Å². The Hall–Kier alpha value is -2.06.